The summed E-state index contributed by atoms with van der Waals surface area (Å²) >= 11 is 0. The Morgan fingerprint density at radius 3 is 1.79 bits per heavy atom. The summed E-state index contributed by atoms with van der Waals surface area (Å²) in [6.45, 7) is 5.40. The van der Waals surface area contributed by atoms with Gasteiger partial charge in [-0.3, -0.25) is 0 Å². The minimum absolute atomic E-state index is 0.804. The van der Waals surface area contributed by atoms with Crippen LogP contribution in [0, 0.1) is 11.8 Å². The second-order valence-electron chi connectivity index (χ2n) is 12.2. The van der Waals surface area contributed by atoms with E-state index in [0.29, 0.717) is 0 Å². The Bertz CT molecular complexity index is 847. The quantitative estimate of drug-likeness (QED) is 0.149. The van der Waals surface area contributed by atoms with Gasteiger partial charge in [-0.15, -0.1) is 0 Å². The molecular formula is C36H58N2O. The Morgan fingerprint density at radius 1 is 0.641 bits per heavy atom. The van der Waals surface area contributed by atoms with Gasteiger partial charge in [-0.2, -0.15) is 0 Å². The molecule has 2 aromatic rings. The molecule has 39 heavy (non-hydrogen) atoms. The summed E-state index contributed by atoms with van der Waals surface area (Å²) in [7, 11) is 0. The summed E-state index contributed by atoms with van der Waals surface area (Å²) in [6, 6.07) is 8.34. The number of aryl methyl sites for hydroxylation is 1. The van der Waals surface area contributed by atoms with Gasteiger partial charge in [-0.05, 0) is 67.3 Å². The molecule has 1 fully saturated rings. The first-order valence-electron chi connectivity index (χ1n) is 16.8. The third-order valence-corrected chi connectivity index (χ3v) is 8.87. The van der Waals surface area contributed by atoms with E-state index < -0.39 is 0 Å². The van der Waals surface area contributed by atoms with Gasteiger partial charge in [-0.1, -0.05) is 123 Å². The molecule has 1 aromatic heterocycles. The van der Waals surface area contributed by atoms with E-state index in [1.54, 1.807) is 0 Å². The fourth-order valence-corrected chi connectivity index (χ4v) is 6.39. The molecule has 1 heterocycles. The third kappa shape index (κ3) is 12.9. The molecule has 1 saturated carbocycles. The van der Waals surface area contributed by atoms with Crippen LogP contribution in [0.4, 0.5) is 0 Å². The summed E-state index contributed by atoms with van der Waals surface area (Å²) in [5, 5.41) is 0. The van der Waals surface area contributed by atoms with Crippen LogP contribution in [0.25, 0.3) is 11.4 Å². The molecule has 3 heteroatoms. The maximum Gasteiger partial charge on any atom is 0.159 e. The van der Waals surface area contributed by atoms with E-state index in [-0.39, 0.29) is 0 Å². The smallest absolute Gasteiger partial charge is 0.159 e. The normalized spacial score (nSPS) is 17.4. The van der Waals surface area contributed by atoms with Gasteiger partial charge in [0.05, 0.1) is 6.61 Å². The maximum atomic E-state index is 6.12. The molecule has 1 aromatic carbocycles. The van der Waals surface area contributed by atoms with Crippen molar-refractivity contribution in [2.24, 2.45) is 11.8 Å². The van der Waals surface area contributed by atoms with Crippen molar-refractivity contribution >= 4 is 0 Å². The van der Waals surface area contributed by atoms with Crippen molar-refractivity contribution in [3.63, 3.8) is 0 Å². The van der Waals surface area contributed by atoms with Crippen LogP contribution in [-0.4, -0.2) is 16.6 Å². The summed E-state index contributed by atoms with van der Waals surface area (Å²) in [5.41, 5.74) is 2.31. The molecule has 0 amide bonds. The van der Waals surface area contributed by atoms with Gasteiger partial charge in [-0.25, -0.2) is 9.97 Å². The number of rotatable bonds is 21. The minimum Gasteiger partial charge on any atom is -0.494 e. The van der Waals surface area contributed by atoms with Gasteiger partial charge in [0.2, 0.25) is 0 Å². The monoisotopic (exact) mass is 534 g/mol. The van der Waals surface area contributed by atoms with Gasteiger partial charge >= 0.3 is 0 Å². The van der Waals surface area contributed by atoms with Crippen molar-refractivity contribution in [2.45, 2.75) is 149 Å². The van der Waals surface area contributed by atoms with E-state index in [9.17, 15) is 0 Å². The van der Waals surface area contributed by atoms with E-state index in [2.05, 4.69) is 48.1 Å². The third-order valence-electron chi connectivity index (χ3n) is 8.87. The highest BCUT2D eigenvalue weighted by atomic mass is 16.5. The molecule has 3 nitrogen and oxygen atoms in total. The molecule has 1 aliphatic carbocycles. The highest BCUT2D eigenvalue weighted by molar-refractivity contribution is 5.55. The van der Waals surface area contributed by atoms with E-state index in [1.165, 1.54) is 134 Å². The average Bonchev–Trinajstić information content (AvgIpc) is 2.98. The second-order valence-corrected chi connectivity index (χ2v) is 12.2. The van der Waals surface area contributed by atoms with E-state index in [1.807, 2.05) is 12.4 Å². The Hall–Kier alpha value is -1.90. The van der Waals surface area contributed by atoms with Crippen LogP contribution in [0.1, 0.15) is 148 Å². The van der Waals surface area contributed by atoms with Gasteiger partial charge in [0, 0.05) is 18.0 Å². The Labute approximate surface area is 241 Å². The molecule has 3 rings (SSSR count). The molecule has 0 aliphatic heterocycles. The average molecular weight is 535 g/mol. The van der Waals surface area contributed by atoms with Gasteiger partial charge in [0.1, 0.15) is 5.75 Å². The summed E-state index contributed by atoms with van der Waals surface area (Å²) in [5.74, 6) is 3.65. The molecule has 0 bridgehead atoms. The van der Waals surface area contributed by atoms with Crippen molar-refractivity contribution < 1.29 is 4.74 Å². The topological polar surface area (TPSA) is 35.0 Å². The number of hydrogen-bond donors (Lipinski definition) is 0. The predicted molar refractivity (Wildman–Crippen MR) is 167 cm³/mol. The van der Waals surface area contributed by atoms with Crippen LogP contribution in [0.3, 0.4) is 0 Å². The fourth-order valence-electron chi connectivity index (χ4n) is 6.39. The van der Waals surface area contributed by atoms with Gasteiger partial charge in [0.15, 0.2) is 5.82 Å². The van der Waals surface area contributed by atoms with Crippen molar-refractivity contribution in [1.82, 2.24) is 9.97 Å². The van der Waals surface area contributed by atoms with Crippen LogP contribution in [0.5, 0.6) is 5.75 Å². The van der Waals surface area contributed by atoms with Gasteiger partial charge in [0.25, 0.3) is 0 Å². The molecule has 218 valence electrons. The SMILES string of the molecule is CCCCCCCCCc1cnc(-c2ccc(OCCCC3CCCCC3CCCCCCCC)cc2)nc1. The lowest BCUT2D eigenvalue weighted by atomic mass is 9.74. The Balaban J connectivity index is 1.31. The predicted octanol–water partition coefficient (Wildman–Crippen LogP) is 11.2. The summed E-state index contributed by atoms with van der Waals surface area (Å²) in [6.07, 6.45) is 32.7. The highest BCUT2D eigenvalue weighted by Gasteiger charge is 2.24. The van der Waals surface area contributed by atoms with Crippen LogP contribution >= 0.6 is 0 Å². The largest absolute Gasteiger partial charge is 0.494 e. The molecule has 0 N–H and O–H groups in total. The van der Waals surface area contributed by atoms with E-state index >= 15 is 0 Å². The molecule has 1 aliphatic rings. The Kier molecular flexibility index (Phi) is 16.3. The van der Waals surface area contributed by atoms with E-state index in [0.717, 1.165) is 42.0 Å². The van der Waals surface area contributed by atoms with Crippen LogP contribution in [0.2, 0.25) is 0 Å². The Morgan fingerprint density at radius 2 is 1.18 bits per heavy atom. The van der Waals surface area contributed by atoms with Crippen LogP contribution in [-0.2, 0) is 6.42 Å². The van der Waals surface area contributed by atoms with Crippen LogP contribution in [0.15, 0.2) is 36.7 Å². The molecular weight excluding hydrogens is 476 g/mol. The zero-order valence-corrected chi connectivity index (χ0v) is 25.5. The molecule has 0 radical (unpaired) electrons. The fraction of sp³-hybridized carbons (Fsp3) is 0.722. The maximum absolute atomic E-state index is 6.12. The van der Waals surface area contributed by atoms with Crippen molar-refractivity contribution in [3.8, 4) is 17.1 Å². The number of nitrogens with zero attached hydrogens (tertiary/aromatic N) is 2. The van der Waals surface area contributed by atoms with E-state index in [4.69, 9.17) is 4.74 Å². The molecule has 0 spiro atoms. The number of ether oxygens (including phenoxy) is 1. The first-order chi connectivity index (χ1) is 19.3. The van der Waals surface area contributed by atoms with Crippen molar-refractivity contribution in [1.29, 1.82) is 0 Å². The minimum atomic E-state index is 0.804. The zero-order chi connectivity index (χ0) is 27.4. The first kappa shape index (κ1) is 31.6. The van der Waals surface area contributed by atoms with Crippen LogP contribution < -0.4 is 4.74 Å². The lowest BCUT2D eigenvalue weighted by Gasteiger charge is -2.32. The van der Waals surface area contributed by atoms with Crippen molar-refractivity contribution in [2.75, 3.05) is 6.61 Å². The van der Waals surface area contributed by atoms with Gasteiger partial charge < -0.3 is 4.74 Å². The summed E-state index contributed by atoms with van der Waals surface area (Å²) in [4.78, 5) is 9.28. The molecule has 0 saturated heterocycles. The number of benzene rings is 1. The lowest BCUT2D eigenvalue weighted by Crippen LogP contribution is -2.20. The molecule has 2 unspecified atom stereocenters. The zero-order valence-electron chi connectivity index (χ0n) is 25.5. The standard InChI is InChI=1S/C36H58N2O/c1-3-5-7-9-11-12-14-19-31-29-37-36(38-30-31)34-24-26-35(27-25-34)39-28-18-23-33-22-17-16-21-32(33)20-15-13-10-8-6-4-2/h24-27,29-30,32-33H,3-23,28H2,1-2H3. The lowest BCUT2D eigenvalue weighted by molar-refractivity contribution is 0.190. The number of unbranched alkanes of at least 4 members (excludes halogenated alkanes) is 11. The first-order valence-corrected chi connectivity index (χ1v) is 16.8. The summed E-state index contributed by atoms with van der Waals surface area (Å²) < 4.78 is 6.12. The van der Waals surface area contributed by atoms with Crippen molar-refractivity contribution in [3.05, 3.63) is 42.2 Å². The number of aromatic nitrogens is 2. The second kappa shape index (κ2) is 20.0. The number of hydrogen-bond acceptors (Lipinski definition) is 3. The molecule has 2 atom stereocenters. The highest BCUT2D eigenvalue weighted by Crippen LogP contribution is 2.36.